The van der Waals surface area contributed by atoms with Gasteiger partial charge in [-0.1, -0.05) is 6.07 Å². The molecule has 7 nitrogen and oxygen atoms in total. The number of nitrogens with one attached hydrogen (secondary N) is 1. The van der Waals surface area contributed by atoms with E-state index in [1.807, 2.05) is 19.9 Å². The minimum absolute atomic E-state index is 0.0542. The van der Waals surface area contributed by atoms with Crippen molar-refractivity contribution in [1.29, 1.82) is 0 Å². The highest BCUT2D eigenvalue weighted by Gasteiger charge is 2.29. The lowest BCUT2D eigenvalue weighted by molar-refractivity contribution is 0.0897. The number of guanidine groups is 2. The van der Waals surface area contributed by atoms with Crippen molar-refractivity contribution in [2.45, 2.75) is 25.8 Å². The van der Waals surface area contributed by atoms with Crippen molar-refractivity contribution in [2.24, 2.45) is 27.2 Å². The molecule has 0 unspecified atom stereocenters. The van der Waals surface area contributed by atoms with E-state index in [0.29, 0.717) is 11.3 Å². The Morgan fingerprint density at radius 3 is 2.65 bits per heavy atom. The maximum atomic E-state index is 12.1. The van der Waals surface area contributed by atoms with Crippen LogP contribution in [0.5, 0.6) is 0 Å². The molecule has 0 saturated heterocycles. The van der Waals surface area contributed by atoms with Crippen LogP contribution in [0.15, 0.2) is 28.2 Å². The summed E-state index contributed by atoms with van der Waals surface area (Å²) in [5.74, 6) is -0.334. The molecule has 0 fully saturated rings. The molecule has 1 aromatic carbocycles. The topological polar surface area (TPSA) is 132 Å². The fourth-order valence-electron chi connectivity index (χ4n) is 2.18. The highest BCUT2D eigenvalue weighted by Crippen LogP contribution is 2.26. The van der Waals surface area contributed by atoms with Crippen LogP contribution < -0.4 is 22.5 Å². The normalized spacial score (nSPS) is 17.1. The molecule has 0 aliphatic carbocycles. The van der Waals surface area contributed by atoms with Crippen molar-refractivity contribution in [2.75, 3.05) is 0 Å². The van der Waals surface area contributed by atoms with Gasteiger partial charge in [-0.2, -0.15) is 4.99 Å². The number of carbonyl (C=O) groups is 1. The Bertz CT molecular complexity index is 613. The molecule has 0 saturated carbocycles. The molecule has 0 atom stereocenters. The molecule has 7 N–H and O–H groups in total. The lowest BCUT2D eigenvalue weighted by atomic mass is 9.87. The summed E-state index contributed by atoms with van der Waals surface area (Å²) < 4.78 is 0. The fraction of sp³-hybridized carbons (Fsp3) is 0.308. The molecular formula is C13H18N6O. The Morgan fingerprint density at radius 1 is 1.30 bits per heavy atom. The summed E-state index contributed by atoms with van der Waals surface area (Å²) in [6, 6.07) is 5.33. The maximum Gasteiger partial charge on any atom is 0.252 e. The number of fused-ring (bicyclic) bond motifs is 1. The highest BCUT2D eigenvalue weighted by atomic mass is 16.1. The Kier molecular flexibility index (Phi) is 3.35. The minimum atomic E-state index is -0.244. The molecule has 1 aliphatic rings. The lowest BCUT2D eigenvalue weighted by Crippen LogP contribution is -2.49. The Morgan fingerprint density at radius 2 is 2.00 bits per heavy atom. The van der Waals surface area contributed by atoms with Crippen LogP contribution in [0.4, 0.5) is 5.69 Å². The SMILES string of the molecule is CC1(C)Cc2ccc(N=C(N)N=C(N)N)cc2C(=O)N1. The zero-order valence-corrected chi connectivity index (χ0v) is 11.5. The van der Waals surface area contributed by atoms with Crippen LogP contribution in [-0.4, -0.2) is 23.4 Å². The Hall–Kier alpha value is -2.57. The predicted molar refractivity (Wildman–Crippen MR) is 78.8 cm³/mol. The second-order valence-electron chi connectivity index (χ2n) is 5.36. The number of nitrogens with two attached hydrogens (primary N) is 3. The van der Waals surface area contributed by atoms with Gasteiger partial charge in [-0.05, 0) is 38.0 Å². The van der Waals surface area contributed by atoms with Crippen LogP contribution in [0.2, 0.25) is 0 Å². The molecule has 0 bridgehead atoms. The van der Waals surface area contributed by atoms with Crippen molar-refractivity contribution in [3.8, 4) is 0 Å². The van der Waals surface area contributed by atoms with E-state index in [-0.39, 0.29) is 23.4 Å². The van der Waals surface area contributed by atoms with Crippen molar-refractivity contribution in [3.05, 3.63) is 29.3 Å². The zero-order chi connectivity index (χ0) is 14.9. The number of nitrogens with zero attached hydrogens (tertiary/aromatic N) is 2. The third kappa shape index (κ3) is 3.05. The van der Waals surface area contributed by atoms with E-state index in [0.717, 1.165) is 12.0 Å². The summed E-state index contributed by atoms with van der Waals surface area (Å²) in [7, 11) is 0. The lowest BCUT2D eigenvalue weighted by Gasteiger charge is -2.32. The van der Waals surface area contributed by atoms with E-state index in [4.69, 9.17) is 17.2 Å². The zero-order valence-electron chi connectivity index (χ0n) is 11.5. The van der Waals surface area contributed by atoms with Crippen molar-refractivity contribution < 1.29 is 4.79 Å². The van der Waals surface area contributed by atoms with E-state index < -0.39 is 0 Å². The summed E-state index contributed by atoms with van der Waals surface area (Å²) in [5.41, 5.74) is 17.9. The van der Waals surface area contributed by atoms with Crippen LogP contribution >= 0.6 is 0 Å². The molecule has 7 heteroatoms. The molecule has 1 aliphatic heterocycles. The average molecular weight is 274 g/mol. The van der Waals surface area contributed by atoms with Crippen LogP contribution in [0, 0.1) is 0 Å². The maximum absolute atomic E-state index is 12.1. The standard InChI is InChI=1S/C13H18N6O/c1-13(2)6-7-3-4-8(5-9(7)10(20)19-13)17-12(16)18-11(14)15/h3-5H,6H2,1-2H3,(H,19,20)(H6,14,15,16,17,18). The molecule has 1 aromatic rings. The van der Waals surface area contributed by atoms with Crippen molar-refractivity contribution in [1.82, 2.24) is 5.32 Å². The average Bonchev–Trinajstić information content (AvgIpc) is 2.27. The first kappa shape index (κ1) is 13.9. The molecule has 1 amide bonds. The van der Waals surface area contributed by atoms with Crippen LogP contribution in [0.3, 0.4) is 0 Å². The second kappa shape index (κ2) is 4.84. The number of rotatable bonds is 1. The molecule has 2 rings (SSSR count). The fourth-order valence-corrected chi connectivity index (χ4v) is 2.18. The first-order valence-corrected chi connectivity index (χ1v) is 6.16. The molecular weight excluding hydrogens is 256 g/mol. The number of amides is 1. The van der Waals surface area contributed by atoms with E-state index in [9.17, 15) is 4.79 Å². The van der Waals surface area contributed by atoms with Gasteiger partial charge in [0, 0.05) is 11.1 Å². The first-order valence-electron chi connectivity index (χ1n) is 6.16. The van der Waals surface area contributed by atoms with E-state index in [1.54, 1.807) is 12.1 Å². The van der Waals surface area contributed by atoms with Gasteiger partial charge >= 0.3 is 0 Å². The first-order chi connectivity index (χ1) is 9.27. The van der Waals surface area contributed by atoms with Gasteiger partial charge < -0.3 is 22.5 Å². The van der Waals surface area contributed by atoms with Gasteiger partial charge in [-0.25, -0.2) is 4.99 Å². The van der Waals surface area contributed by atoms with Gasteiger partial charge in [0.25, 0.3) is 5.91 Å². The van der Waals surface area contributed by atoms with Gasteiger partial charge in [-0.3, -0.25) is 4.79 Å². The molecule has 0 aromatic heterocycles. The molecule has 0 radical (unpaired) electrons. The van der Waals surface area contributed by atoms with Gasteiger partial charge in [0.05, 0.1) is 5.69 Å². The van der Waals surface area contributed by atoms with E-state index in [1.165, 1.54) is 0 Å². The molecule has 1 heterocycles. The van der Waals surface area contributed by atoms with Crippen molar-refractivity contribution in [3.63, 3.8) is 0 Å². The number of hydrogen-bond donors (Lipinski definition) is 4. The third-order valence-electron chi connectivity index (χ3n) is 2.91. The number of aliphatic imine (C=N–C) groups is 2. The van der Waals surface area contributed by atoms with Gasteiger partial charge in [-0.15, -0.1) is 0 Å². The smallest absolute Gasteiger partial charge is 0.252 e. The Balaban J connectivity index is 2.36. The Labute approximate surface area is 117 Å². The van der Waals surface area contributed by atoms with Crippen molar-refractivity contribution >= 4 is 23.5 Å². The molecule has 20 heavy (non-hydrogen) atoms. The van der Waals surface area contributed by atoms with Gasteiger partial charge in [0.1, 0.15) is 0 Å². The number of hydrogen-bond acceptors (Lipinski definition) is 2. The predicted octanol–water partition coefficient (Wildman–Crippen LogP) is -0.0293. The van der Waals surface area contributed by atoms with Gasteiger partial charge in [0.2, 0.25) is 5.96 Å². The second-order valence-corrected chi connectivity index (χ2v) is 5.36. The monoisotopic (exact) mass is 274 g/mol. The third-order valence-corrected chi connectivity index (χ3v) is 2.91. The van der Waals surface area contributed by atoms with E-state index >= 15 is 0 Å². The highest BCUT2D eigenvalue weighted by molar-refractivity contribution is 5.99. The minimum Gasteiger partial charge on any atom is -0.370 e. The largest absolute Gasteiger partial charge is 0.370 e. The molecule has 106 valence electrons. The molecule has 0 spiro atoms. The number of carbonyl (C=O) groups excluding carboxylic acids is 1. The van der Waals surface area contributed by atoms with Gasteiger partial charge in [0.15, 0.2) is 5.96 Å². The quantitative estimate of drug-likeness (QED) is 0.423. The van der Waals surface area contributed by atoms with E-state index in [2.05, 4.69) is 15.3 Å². The number of benzene rings is 1. The van der Waals surface area contributed by atoms with Crippen LogP contribution in [0.1, 0.15) is 29.8 Å². The van der Waals surface area contributed by atoms with Crippen LogP contribution in [-0.2, 0) is 6.42 Å². The summed E-state index contributed by atoms with van der Waals surface area (Å²) in [6.07, 6.45) is 0.765. The summed E-state index contributed by atoms with van der Waals surface area (Å²) in [6.45, 7) is 3.97. The summed E-state index contributed by atoms with van der Waals surface area (Å²) in [4.78, 5) is 19.7. The van der Waals surface area contributed by atoms with Crippen LogP contribution in [0.25, 0.3) is 0 Å². The summed E-state index contributed by atoms with van der Waals surface area (Å²) >= 11 is 0. The summed E-state index contributed by atoms with van der Waals surface area (Å²) in [5, 5.41) is 2.94.